The maximum absolute atomic E-state index is 12.2. The van der Waals surface area contributed by atoms with Gasteiger partial charge in [0.2, 0.25) is 10.0 Å². The summed E-state index contributed by atoms with van der Waals surface area (Å²) in [6.07, 6.45) is 2.80. The number of likely N-dealkylation sites (N-methyl/N-ethyl adjacent to an activating group) is 1. The van der Waals surface area contributed by atoms with Crippen molar-refractivity contribution in [2.45, 2.75) is 24.3 Å². The second-order valence-corrected chi connectivity index (χ2v) is 6.31. The Hall–Kier alpha value is -0.920. The van der Waals surface area contributed by atoms with E-state index in [1.807, 2.05) is 0 Å². The van der Waals surface area contributed by atoms with Crippen molar-refractivity contribution in [2.75, 3.05) is 13.6 Å². The summed E-state index contributed by atoms with van der Waals surface area (Å²) >= 11 is 0. The van der Waals surface area contributed by atoms with Crippen molar-refractivity contribution < 1.29 is 8.42 Å². The molecule has 2 N–H and O–H groups in total. The Morgan fingerprint density at radius 2 is 2.12 bits per heavy atom. The standard InChI is InChI=1S/C9H18N4O2S/c1-9(2,7-10)13(4)16(14,15)8-5-11-12(3)6-8/h5-6H,7,10H2,1-4H3. The van der Waals surface area contributed by atoms with Crippen LogP contribution in [0.3, 0.4) is 0 Å². The summed E-state index contributed by atoms with van der Waals surface area (Å²) < 4.78 is 27.1. The summed E-state index contributed by atoms with van der Waals surface area (Å²) in [4.78, 5) is 0.180. The minimum Gasteiger partial charge on any atom is -0.329 e. The molecule has 1 aromatic heterocycles. The number of rotatable bonds is 4. The Bertz CT molecular complexity index is 464. The van der Waals surface area contributed by atoms with E-state index in [0.29, 0.717) is 0 Å². The first-order valence-electron chi connectivity index (χ1n) is 4.89. The zero-order chi connectivity index (χ0) is 12.6. The highest BCUT2D eigenvalue weighted by Crippen LogP contribution is 2.21. The number of sulfonamides is 1. The van der Waals surface area contributed by atoms with E-state index in [-0.39, 0.29) is 11.4 Å². The first-order valence-corrected chi connectivity index (χ1v) is 6.33. The van der Waals surface area contributed by atoms with Crippen LogP contribution in [-0.2, 0) is 17.1 Å². The third-order valence-corrected chi connectivity index (χ3v) is 4.71. The molecule has 0 atom stereocenters. The van der Waals surface area contributed by atoms with Crippen LogP contribution < -0.4 is 5.73 Å². The van der Waals surface area contributed by atoms with Gasteiger partial charge in [-0.25, -0.2) is 8.42 Å². The second kappa shape index (κ2) is 4.15. The van der Waals surface area contributed by atoms with Crippen molar-refractivity contribution in [3.8, 4) is 0 Å². The summed E-state index contributed by atoms with van der Waals surface area (Å²) in [6, 6.07) is 0. The van der Waals surface area contributed by atoms with E-state index in [1.54, 1.807) is 20.9 Å². The topological polar surface area (TPSA) is 81.2 Å². The quantitative estimate of drug-likeness (QED) is 0.796. The molecule has 0 bridgehead atoms. The van der Waals surface area contributed by atoms with Gasteiger partial charge in [-0.15, -0.1) is 0 Å². The van der Waals surface area contributed by atoms with Gasteiger partial charge in [-0.2, -0.15) is 9.40 Å². The summed E-state index contributed by atoms with van der Waals surface area (Å²) in [5, 5.41) is 3.85. The summed E-state index contributed by atoms with van der Waals surface area (Å²) in [7, 11) is -0.321. The van der Waals surface area contributed by atoms with Crippen LogP contribution in [-0.4, -0.2) is 41.6 Å². The molecule has 0 amide bonds. The van der Waals surface area contributed by atoms with Crippen molar-refractivity contribution in [2.24, 2.45) is 12.8 Å². The molecule has 0 saturated heterocycles. The van der Waals surface area contributed by atoms with Crippen LogP contribution >= 0.6 is 0 Å². The molecule has 0 aromatic carbocycles. The van der Waals surface area contributed by atoms with Crippen LogP contribution in [0, 0.1) is 0 Å². The molecule has 0 unspecified atom stereocenters. The molecule has 16 heavy (non-hydrogen) atoms. The molecule has 0 saturated carbocycles. The van der Waals surface area contributed by atoms with Gasteiger partial charge in [0.1, 0.15) is 4.90 Å². The minimum absolute atomic E-state index is 0.180. The number of hydrogen-bond donors (Lipinski definition) is 1. The number of nitrogens with two attached hydrogens (primary N) is 1. The molecular formula is C9H18N4O2S. The number of aromatic nitrogens is 2. The van der Waals surface area contributed by atoms with Crippen molar-refractivity contribution >= 4 is 10.0 Å². The molecule has 0 aliphatic carbocycles. The first kappa shape index (κ1) is 13.1. The summed E-state index contributed by atoms with van der Waals surface area (Å²) in [6.45, 7) is 3.81. The van der Waals surface area contributed by atoms with Crippen LogP contribution in [0.15, 0.2) is 17.3 Å². The van der Waals surface area contributed by atoms with E-state index in [0.717, 1.165) is 0 Å². The Kier molecular flexibility index (Phi) is 3.41. The molecule has 1 heterocycles. The largest absolute Gasteiger partial charge is 0.329 e. The molecular weight excluding hydrogens is 228 g/mol. The second-order valence-electron chi connectivity index (χ2n) is 4.34. The third kappa shape index (κ3) is 2.26. The van der Waals surface area contributed by atoms with E-state index in [2.05, 4.69) is 5.10 Å². The zero-order valence-electron chi connectivity index (χ0n) is 10.0. The Labute approximate surface area is 96.1 Å². The molecule has 0 fully saturated rings. The molecule has 0 aliphatic heterocycles. The lowest BCUT2D eigenvalue weighted by Gasteiger charge is -2.32. The lowest BCUT2D eigenvalue weighted by Crippen LogP contribution is -2.49. The van der Waals surface area contributed by atoms with Gasteiger partial charge in [0.05, 0.1) is 6.20 Å². The highest BCUT2D eigenvalue weighted by atomic mass is 32.2. The lowest BCUT2D eigenvalue weighted by atomic mass is 10.1. The van der Waals surface area contributed by atoms with Crippen LogP contribution in [0.1, 0.15) is 13.8 Å². The minimum atomic E-state index is -3.52. The van der Waals surface area contributed by atoms with E-state index in [4.69, 9.17) is 5.73 Å². The van der Waals surface area contributed by atoms with E-state index >= 15 is 0 Å². The van der Waals surface area contributed by atoms with Gasteiger partial charge in [-0.3, -0.25) is 4.68 Å². The number of nitrogens with zero attached hydrogens (tertiary/aromatic N) is 3. The van der Waals surface area contributed by atoms with E-state index in [9.17, 15) is 8.42 Å². The highest BCUT2D eigenvalue weighted by molar-refractivity contribution is 7.89. The molecule has 0 spiro atoms. The predicted octanol–water partition coefficient (Wildman–Crippen LogP) is -0.222. The van der Waals surface area contributed by atoms with Crippen molar-refractivity contribution in [3.05, 3.63) is 12.4 Å². The van der Waals surface area contributed by atoms with Gasteiger partial charge in [-0.1, -0.05) is 0 Å². The van der Waals surface area contributed by atoms with Gasteiger partial charge >= 0.3 is 0 Å². The third-order valence-electron chi connectivity index (χ3n) is 2.69. The van der Waals surface area contributed by atoms with E-state index < -0.39 is 15.6 Å². The van der Waals surface area contributed by atoms with Crippen LogP contribution in [0.5, 0.6) is 0 Å². The first-order chi connectivity index (χ1) is 7.21. The average molecular weight is 246 g/mol. The van der Waals surface area contributed by atoms with E-state index in [1.165, 1.54) is 28.4 Å². The molecule has 7 heteroatoms. The highest BCUT2D eigenvalue weighted by Gasteiger charge is 2.33. The van der Waals surface area contributed by atoms with Gasteiger partial charge in [0.15, 0.2) is 0 Å². The maximum Gasteiger partial charge on any atom is 0.246 e. The molecule has 0 aliphatic rings. The van der Waals surface area contributed by atoms with Crippen molar-refractivity contribution in [3.63, 3.8) is 0 Å². The van der Waals surface area contributed by atoms with Crippen LogP contribution in [0.4, 0.5) is 0 Å². The van der Waals surface area contributed by atoms with Gasteiger partial charge < -0.3 is 5.73 Å². The molecule has 6 nitrogen and oxygen atoms in total. The summed E-state index contributed by atoms with van der Waals surface area (Å²) in [5.41, 5.74) is 4.94. The number of hydrogen-bond acceptors (Lipinski definition) is 4. The van der Waals surface area contributed by atoms with Crippen molar-refractivity contribution in [1.29, 1.82) is 0 Å². The fourth-order valence-electron chi connectivity index (χ4n) is 1.14. The SMILES string of the molecule is CN(C(C)(C)CN)S(=O)(=O)c1cnn(C)c1. The van der Waals surface area contributed by atoms with Crippen LogP contribution in [0.25, 0.3) is 0 Å². The number of aryl methyl sites for hydroxylation is 1. The average Bonchev–Trinajstić information content (AvgIpc) is 2.64. The fraction of sp³-hybridized carbons (Fsp3) is 0.667. The Morgan fingerprint density at radius 3 is 2.50 bits per heavy atom. The maximum atomic E-state index is 12.2. The Morgan fingerprint density at radius 1 is 1.56 bits per heavy atom. The van der Waals surface area contributed by atoms with Gasteiger partial charge in [0.25, 0.3) is 0 Å². The monoisotopic (exact) mass is 246 g/mol. The fourth-order valence-corrected chi connectivity index (χ4v) is 2.65. The lowest BCUT2D eigenvalue weighted by molar-refractivity contribution is 0.274. The molecule has 1 rings (SSSR count). The predicted molar refractivity (Wildman–Crippen MR) is 61.3 cm³/mol. The van der Waals surface area contributed by atoms with Crippen molar-refractivity contribution in [1.82, 2.24) is 14.1 Å². The molecule has 0 radical (unpaired) electrons. The normalized spacial score (nSPS) is 13.4. The molecule has 92 valence electrons. The van der Waals surface area contributed by atoms with Gasteiger partial charge in [0, 0.05) is 32.4 Å². The molecule has 1 aromatic rings. The smallest absolute Gasteiger partial charge is 0.246 e. The summed E-state index contributed by atoms with van der Waals surface area (Å²) in [5.74, 6) is 0. The zero-order valence-corrected chi connectivity index (χ0v) is 10.8. The van der Waals surface area contributed by atoms with Crippen LogP contribution in [0.2, 0.25) is 0 Å². The van der Waals surface area contributed by atoms with Gasteiger partial charge in [-0.05, 0) is 13.8 Å². The Balaban J connectivity index is 3.13.